The summed E-state index contributed by atoms with van der Waals surface area (Å²) in [6.45, 7) is 2.39. The van der Waals surface area contributed by atoms with E-state index in [0.717, 1.165) is 0 Å². The van der Waals surface area contributed by atoms with E-state index in [4.69, 9.17) is 11.6 Å². The minimum absolute atomic E-state index is 0.0483. The van der Waals surface area contributed by atoms with Crippen LogP contribution in [0.5, 0.6) is 0 Å². The van der Waals surface area contributed by atoms with Crippen molar-refractivity contribution in [3.05, 3.63) is 46.4 Å². The van der Waals surface area contributed by atoms with Crippen LogP contribution in [0.25, 0.3) is 11.1 Å². The lowest BCUT2D eigenvalue weighted by Gasteiger charge is -2.28. The third kappa shape index (κ3) is 3.60. The molecule has 130 valence electrons. The fourth-order valence-electron chi connectivity index (χ4n) is 2.85. The molecular weight excluding hydrogens is 365 g/mol. The van der Waals surface area contributed by atoms with Gasteiger partial charge in [0.1, 0.15) is 22.9 Å². The number of benzene rings is 1. The first-order valence-corrected chi connectivity index (χ1v) is 9.83. The Kier molecular flexibility index (Phi) is 4.67. The van der Waals surface area contributed by atoms with E-state index in [9.17, 15) is 18.1 Å². The molecule has 3 rings (SSSR count). The molecule has 0 saturated carbocycles. The van der Waals surface area contributed by atoms with Crippen LogP contribution in [0.15, 0.2) is 24.3 Å². The van der Waals surface area contributed by atoms with Gasteiger partial charge < -0.3 is 4.90 Å². The summed E-state index contributed by atoms with van der Waals surface area (Å²) >= 11 is 6.19. The molecular formula is C17H15ClFN3O2S. The van der Waals surface area contributed by atoms with Gasteiger partial charge >= 0.3 is 0 Å². The number of sulfone groups is 1. The molecule has 1 aliphatic rings. The third-order valence-electron chi connectivity index (χ3n) is 4.22. The van der Waals surface area contributed by atoms with Gasteiger partial charge in [-0.05, 0) is 36.2 Å². The Morgan fingerprint density at radius 3 is 2.52 bits per heavy atom. The Balaban J connectivity index is 2.09. The van der Waals surface area contributed by atoms with Crippen molar-refractivity contribution >= 4 is 27.3 Å². The minimum Gasteiger partial charge on any atom is -0.355 e. The van der Waals surface area contributed by atoms with Crippen LogP contribution in [0.2, 0.25) is 5.15 Å². The predicted molar refractivity (Wildman–Crippen MR) is 95.0 cm³/mol. The normalized spacial score (nSPS) is 16.5. The Bertz CT molecular complexity index is 972. The van der Waals surface area contributed by atoms with Gasteiger partial charge in [-0.25, -0.2) is 17.8 Å². The topological polar surface area (TPSA) is 74.1 Å². The lowest BCUT2D eigenvalue weighted by atomic mass is 9.97. The van der Waals surface area contributed by atoms with Crippen LogP contribution in [-0.4, -0.2) is 38.0 Å². The van der Waals surface area contributed by atoms with E-state index in [1.54, 1.807) is 19.1 Å². The molecule has 0 bridgehead atoms. The first kappa shape index (κ1) is 17.6. The number of halogens is 2. The summed E-state index contributed by atoms with van der Waals surface area (Å²) in [6.07, 6.45) is 0. The van der Waals surface area contributed by atoms with E-state index >= 15 is 0 Å². The van der Waals surface area contributed by atoms with E-state index < -0.39 is 9.84 Å². The van der Waals surface area contributed by atoms with Crippen molar-refractivity contribution in [3.63, 3.8) is 0 Å². The summed E-state index contributed by atoms with van der Waals surface area (Å²) in [6, 6.07) is 8.07. The first-order chi connectivity index (χ1) is 11.8. The van der Waals surface area contributed by atoms with Crippen molar-refractivity contribution in [2.45, 2.75) is 6.92 Å². The number of hydrogen-bond donors (Lipinski definition) is 0. The maximum Gasteiger partial charge on any atom is 0.153 e. The average Bonchev–Trinajstić information content (AvgIpc) is 2.54. The Morgan fingerprint density at radius 2 is 1.92 bits per heavy atom. The zero-order valence-electron chi connectivity index (χ0n) is 13.5. The number of pyridine rings is 1. The molecule has 0 atom stereocenters. The summed E-state index contributed by atoms with van der Waals surface area (Å²) < 4.78 is 36.6. The van der Waals surface area contributed by atoms with Gasteiger partial charge in [0, 0.05) is 18.7 Å². The van der Waals surface area contributed by atoms with Gasteiger partial charge in [0.2, 0.25) is 0 Å². The molecule has 2 heterocycles. The van der Waals surface area contributed by atoms with Crippen LogP contribution in [0.1, 0.15) is 11.1 Å². The molecule has 0 amide bonds. The van der Waals surface area contributed by atoms with Crippen molar-refractivity contribution in [2.75, 3.05) is 29.5 Å². The second kappa shape index (κ2) is 6.62. The zero-order valence-corrected chi connectivity index (χ0v) is 15.0. The molecule has 0 unspecified atom stereocenters. The maximum atomic E-state index is 13.4. The van der Waals surface area contributed by atoms with Crippen molar-refractivity contribution in [2.24, 2.45) is 0 Å². The Hall–Kier alpha value is -2.17. The van der Waals surface area contributed by atoms with Crippen LogP contribution < -0.4 is 4.90 Å². The summed E-state index contributed by atoms with van der Waals surface area (Å²) in [5.41, 5.74) is 2.13. The van der Waals surface area contributed by atoms with Crippen LogP contribution in [0, 0.1) is 24.1 Å². The molecule has 1 aromatic carbocycles. The highest BCUT2D eigenvalue weighted by Crippen LogP contribution is 2.33. The minimum atomic E-state index is -3.02. The van der Waals surface area contributed by atoms with Gasteiger partial charge in [-0.3, -0.25) is 0 Å². The van der Waals surface area contributed by atoms with Gasteiger partial charge in [0.25, 0.3) is 0 Å². The van der Waals surface area contributed by atoms with E-state index in [0.29, 0.717) is 35.6 Å². The molecule has 0 aliphatic carbocycles. The molecule has 2 aromatic rings. The molecule has 0 radical (unpaired) electrons. The first-order valence-electron chi connectivity index (χ1n) is 7.63. The second-order valence-corrected chi connectivity index (χ2v) is 8.57. The van der Waals surface area contributed by atoms with Crippen LogP contribution >= 0.6 is 11.6 Å². The van der Waals surface area contributed by atoms with Crippen molar-refractivity contribution in [3.8, 4) is 17.2 Å². The second-order valence-electron chi connectivity index (χ2n) is 5.90. The maximum absolute atomic E-state index is 13.4. The van der Waals surface area contributed by atoms with Gasteiger partial charge in [-0.2, -0.15) is 5.26 Å². The standard InChI is InChI=1S/C17H15ClFN3O2S/c1-11-8-12(19)2-3-13(11)14-9-16(21-17(18)15(14)10-20)22-4-6-25(23,24)7-5-22/h2-3,8-9H,4-7H2,1H3. The number of rotatable bonds is 2. The highest BCUT2D eigenvalue weighted by atomic mass is 35.5. The van der Waals surface area contributed by atoms with Crippen molar-refractivity contribution in [1.29, 1.82) is 5.26 Å². The highest BCUT2D eigenvalue weighted by molar-refractivity contribution is 7.91. The quantitative estimate of drug-likeness (QED) is 0.750. The predicted octanol–water partition coefficient (Wildman–Crippen LogP) is 2.96. The van der Waals surface area contributed by atoms with Gasteiger partial charge in [-0.1, -0.05) is 17.7 Å². The summed E-state index contributed by atoms with van der Waals surface area (Å²) in [4.78, 5) is 6.08. The number of nitrogens with zero attached hydrogens (tertiary/aromatic N) is 3. The number of anilines is 1. The van der Waals surface area contributed by atoms with Crippen molar-refractivity contribution in [1.82, 2.24) is 4.98 Å². The molecule has 5 nitrogen and oxygen atoms in total. The highest BCUT2D eigenvalue weighted by Gasteiger charge is 2.24. The molecule has 0 spiro atoms. The van der Waals surface area contributed by atoms with Gasteiger partial charge in [0.05, 0.1) is 17.1 Å². The molecule has 0 N–H and O–H groups in total. The largest absolute Gasteiger partial charge is 0.355 e. The summed E-state index contributed by atoms with van der Waals surface area (Å²) in [7, 11) is -3.02. The average molecular weight is 380 g/mol. The van der Waals surface area contributed by atoms with E-state index in [1.807, 2.05) is 11.0 Å². The van der Waals surface area contributed by atoms with Crippen LogP contribution in [0.3, 0.4) is 0 Å². The lowest BCUT2D eigenvalue weighted by molar-refractivity contribution is 0.586. The van der Waals surface area contributed by atoms with Gasteiger partial charge in [-0.15, -0.1) is 0 Å². The molecule has 25 heavy (non-hydrogen) atoms. The SMILES string of the molecule is Cc1cc(F)ccc1-c1cc(N2CCS(=O)(=O)CC2)nc(Cl)c1C#N. The molecule has 1 aromatic heterocycles. The van der Waals surface area contributed by atoms with E-state index in [2.05, 4.69) is 4.98 Å². The molecule has 1 fully saturated rings. The number of aryl methyl sites for hydroxylation is 1. The number of hydrogen-bond acceptors (Lipinski definition) is 5. The smallest absolute Gasteiger partial charge is 0.153 e. The summed E-state index contributed by atoms with van der Waals surface area (Å²) in [5.74, 6) is 0.257. The summed E-state index contributed by atoms with van der Waals surface area (Å²) in [5, 5.41) is 9.48. The zero-order chi connectivity index (χ0) is 18.2. The van der Waals surface area contributed by atoms with Crippen LogP contribution in [-0.2, 0) is 9.84 Å². The van der Waals surface area contributed by atoms with Gasteiger partial charge in [0.15, 0.2) is 9.84 Å². The van der Waals surface area contributed by atoms with Crippen molar-refractivity contribution < 1.29 is 12.8 Å². The molecule has 1 aliphatic heterocycles. The fourth-order valence-corrected chi connectivity index (χ4v) is 4.28. The number of aromatic nitrogens is 1. The fraction of sp³-hybridized carbons (Fsp3) is 0.294. The molecule has 8 heteroatoms. The Morgan fingerprint density at radius 1 is 1.24 bits per heavy atom. The van der Waals surface area contributed by atoms with Crippen LogP contribution in [0.4, 0.5) is 10.2 Å². The number of nitriles is 1. The monoisotopic (exact) mass is 379 g/mol. The lowest BCUT2D eigenvalue weighted by Crippen LogP contribution is -2.40. The van der Waals surface area contributed by atoms with E-state index in [-0.39, 0.29) is 28.0 Å². The third-order valence-corrected chi connectivity index (χ3v) is 6.10. The molecule has 1 saturated heterocycles. The van der Waals surface area contributed by atoms with E-state index in [1.165, 1.54) is 12.1 Å². The Labute approximate surface area is 150 Å².